The number of aliphatic hydroxyl groups is 1. The Balaban J connectivity index is 2.15. The molecule has 1 aromatic carbocycles. The zero-order valence-corrected chi connectivity index (χ0v) is 9.63. The van der Waals surface area contributed by atoms with Crippen molar-refractivity contribution in [3.8, 4) is 5.75 Å². The molecule has 1 aliphatic carbocycles. The summed E-state index contributed by atoms with van der Waals surface area (Å²) >= 11 is 0. The van der Waals surface area contributed by atoms with Crippen LogP contribution in [-0.4, -0.2) is 18.1 Å². The fourth-order valence-corrected chi connectivity index (χ4v) is 2.32. The van der Waals surface area contributed by atoms with Crippen LogP contribution in [0.4, 0.5) is 13.2 Å². The molecular formula is C13H13F3O2. The van der Waals surface area contributed by atoms with Crippen molar-refractivity contribution in [3.63, 3.8) is 0 Å². The number of benzene rings is 1. The maximum atomic E-state index is 12.0. The highest BCUT2D eigenvalue weighted by Gasteiger charge is 2.40. The summed E-state index contributed by atoms with van der Waals surface area (Å²) in [4.78, 5) is 0. The second-order valence-corrected chi connectivity index (χ2v) is 4.61. The van der Waals surface area contributed by atoms with Crippen LogP contribution >= 0.6 is 0 Å². The summed E-state index contributed by atoms with van der Waals surface area (Å²) in [6, 6.07) is 5.65. The molecule has 0 radical (unpaired) electrons. The molecule has 0 atom stereocenters. The number of hydrogen-bond donors (Lipinski definition) is 1. The first-order valence-corrected chi connectivity index (χ1v) is 5.48. The van der Waals surface area contributed by atoms with Crippen molar-refractivity contribution < 1.29 is 23.0 Å². The number of alkyl halides is 3. The largest absolute Gasteiger partial charge is 0.573 e. The number of allylic oxidation sites excluding steroid dienone is 1. The van der Waals surface area contributed by atoms with E-state index >= 15 is 0 Å². The third-order valence-electron chi connectivity index (χ3n) is 3.18. The molecule has 2 nitrogen and oxygen atoms in total. The van der Waals surface area contributed by atoms with Gasteiger partial charge in [-0.3, -0.25) is 0 Å². The molecule has 0 bridgehead atoms. The summed E-state index contributed by atoms with van der Waals surface area (Å²) < 4.78 is 39.8. The summed E-state index contributed by atoms with van der Waals surface area (Å²) in [6.07, 6.45) is -3.34. The first-order chi connectivity index (χ1) is 8.35. The molecule has 0 unspecified atom stereocenters. The van der Waals surface area contributed by atoms with Gasteiger partial charge in [0.2, 0.25) is 0 Å². The van der Waals surface area contributed by atoms with Crippen LogP contribution in [0.1, 0.15) is 18.4 Å². The Morgan fingerprint density at radius 2 is 1.78 bits per heavy atom. The molecule has 1 aliphatic rings. The summed E-state index contributed by atoms with van der Waals surface area (Å²) in [7, 11) is 0. The highest BCUT2D eigenvalue weighted by atomic mass is 19.4. The van der Waals surface area contributed by atoms with Crippen LogP contribution in [0.15, 0.2) is 36.4 Å². The fourth-order valence-electron chi connectivity index (χ4n) is 2.32. The van der Waals surface area contributed by atoms with Crippen molar-refractivity contribution in [1.82, 2.24) is 0 Å². The molecule has 98 valence electrons. The van der Waals surface area contributed by atoms with E-state index in [1.54, 1.807) is 12.1 Å². The third-order valence-corrected chi connectivity index (χ3v) is 3.18. The number of halogens is 3. The van der Waals surface area contributed by atoms with E-state index in [1.165, 1.54) is 12.1 Å². The molecule has 1 aromatic rings. The standard InChI is InChI=1S/C13H13F3O2/c1-9-6-12(7-9,8-17)10-2-4-11(5-3-10)18-13(14,15)16/h2-5,17H,1,6-8H2. The van der Waals surface area contributed by atoms with E-state index in [0.717, 1.165) is 11.1 Å². The van der Waals surface area contributed by atoms with E-state index in [9.17, 15) is 18.3 Å². The van der Waals surface area contributed by atoms with E-state index in [2.05, 4.69) is 11.3 Å². The Kier molecular flexibility index (Phi) is 3.11. The van der Waals surface area contributed by atoms with Crippen LogP contribution in [0.5, 0.6) is 5.75 Å². The molecule has 2 rings (SSSR count). The van der Waals surface area contributed by atoms with Gasteiger partial charge in [-0.05, 0) is 30.5 Å². The van der Waals surface area contributed by atoms with Crippen LogP contribution in [0, 0.1) is 0 Å². The Morgan fingerprint density at radius 1 is 1.22 bits per heavy atom. The van der Waals surface area contributed by atoms with Crippen LogP contribution in [-0.2, 0) is 5.41 Å². The quantitative estimate of drug-likeness (QED) is 0.844. The topological polar surface area (TPSA) is 29.5 Å². The van der Waals surface area contributed by atoms with Crippen molar-refractivity contribution >= 4 is 0 Å². The van der Waals surface area contributed by atoms with Gasteiger partial charge in [0, 0.05) is 5.41 Å². The number of hydrogen-bond acceptors (Lipinski definition) is 2. The Morgan fingerprint density at radius 3 is 2.17 bits per heavy atom. The molecule has 18 heavy (non-hydrogen) atoms. The van der Waals surface area contributed by atoms with Crippen molar-refractivity contribution in [2.75, 3.05) is 6.61 Å². The van der Waals surface area contributed by atoms with E-state index in [4.69, 9.17) is 0 Å². The van der Waals surface area contributed by atoms with Crippen LogP contribution in [0.25, 0.3) is 0 Å². The fraction of sp³-hybridized carbons (Fsp3) is 0.385. The van der Waals surface area contributed by atoms with Crippen molar-refractivity contribution in [2.24, 2.45) is 0 Å². The highest BCUT2D eigenvalue weighted by Crippen LogP contribution is 2.46. The predicted octanol–water partition coefficient (Wildman–Crippen LogP) is 3.17. The van der Waals surface area contributed by atoms with Crippen molar-refractivity contribution in [2.45, 2.75) is 24.6 Å². The van der Waals surface area contributed by atoms with Gasteiger partial charge >= 0.3 is 6.36 Å². The minimum Gasteiger partial charge on any atom is -0.406 e. The smallest absolute Gasteiger partial charge is 0.406 e. The number of ether oxygens (including phenoxy) is 1. The van der Waals surface area contributed by atoms with Crippen LogP contribution in [0.2, 0.25) is 0 Å². The predicted molar refractivity (Wildman–Crippen MR) is 60.3 cm³/mol. The van der Waals surface area contributed by atoms with Gasteiger partial charge in [-0.15, -0.1) is 13.2 Å². The van der Waals surface area contributed by atoms with Crippen LogP contribution < -0.4 is 4.74 Å². The lowest BCUT2D eigenvalue weighted by Gasteiger charge is -2.42. The van der Waals surface area contributed by atoms with Gasteiger partial charge in [0.25, 0.3) is 0 Å². The minimum atomic E-state index is -4.68. The second kappa shape index (κ2) is 4.31. The number of aliphatic hydroxyl groups excluding tert-OH is 1. The lowest BCUT2D eigenvalue weighted by molar-refractivity contribution is -0.274. The molecule has 0 heterocycles. The van der Waals surface area contributed by atoms with Gasteiger partial charge in [0.1, 0.15) is 5.75 Å². The summed E-state index contributed by atoms with van der Waals surface area (Å²) in [5, 5.41) is 9.41. The average molecular weight is 258 g/mol. The van der Waals surface area contributed by atoms with Gasteiger partial charge in [0.05, 0.1) is 6.61 Å². The summed E-state index contributed by atoms with van der Waals surface area (Å²) in [6.45, 7) is 3.77. The van der Waals surface area contributed by atoms with Gasteiger partial charge in [-0.25, -0.2) is 0 Å². The zero-order chi connectivity index (χ0) is 13.4. The molecule has 1 N–H and O–H groups in total. The Hall–Kier alpha value is -1.49. The van der Waals surface area contributed by atoms with Crippen molar-refractivity contribution in [1.29, 1.82) is 0 Å². The second-order valence-electron chi connectivity index (χ2n) is 4.61. The molecule has 0 saturated heterocycles. The average Bonchev–Trinajstić information content (AvgIpc) is 2.23. The SMILES string of the molecule is C=C1CC(CO)(c2ccc(OC(F)(F)F)cc2)C1. The van der Waals surface area contributed by atoms with Crippen molar-refractivity contribution in [3.05, 3.63) is 42.0 Å². The molecular weight excluding hydrogens is 245 g/mol. The Labute approximate surface area is 103 Å². The molecule has 1 saturated carbocycles. The van der Waals surface area contributed by atoms with E-state index in [-0.39, 0.29) is 17.8 Å². The van der Waals surface area contributed by atoms with E-state index in [0.29, 0.717) is 12.8 Å². The lowest BCUT2D eigenvalue weighted by Crippen LogP contribution is -2.39. The molecule has 0 aromatic heterocycles. The highest BCUT2D eigenvalue weighted by molar-refractivity contribution is 5.39. The molecule has 0 spiro atoms. The maximum absolute atomic E-state index is 12.0. The van der Waals surface area contributed by atoms with E-state index < -0.39 is 6.36 Å². The minimum absolute atomic E-state index is 0.0362. The van der Waals surface area contributed by atoms with E-state index in [1.807, 2.05) is 0 Å². The summed E-state index contributed by atoms with van der Waals surface area (Å²) in [5.74, 6) is -0.252. The summed E-state index contributed by atoms with van der Waals surface area (Å²) in [5.41, 5.74) is 1.47. The first kappa shape index (κ1) is 13.0. The van der Waals surface area contributed by atoms with Gasteiger partial charge < -0.3 is 9.84 Å². The normalized spacial score (nSPS) is 18.3. The molecule has 0 aliphatic heterocycles. The zero-order valence-electron chi connectivity index (χ0n) is 9.63. The molecule has 0 amide bonds. The maximum Gasteiger partial charge on any atom is 0.573 e. The van der Waals surface area contributed by atoms with Gasteiger partial charge in [-0.1, -0.05) is 24.3 Å². The van der Waals surface area contributed by atoms with Gasteiger partial charge in [0.15, 0.2) is 0 Å². The first-order valence-electron chi connectivity index (χ1n) is 5.48. The molecule has 5 heteroatoms. The monoisotopic (exact) mass is 258 g/mol. The van der Waals surface area contributed by atoms with Crippen LogP contribution in [0.3, 0.4) is 0 Å². The Bertz CT molecular complexity index is 440. The number of rotatable bonds is 3. The molecule has 1 fully saturated rings. The van der Waals surface area contributed by atoms with Gasteiger partial charge in [-0.2, -0.15) is 0 Å². The lowest BCUT2D eigenvalue weighted by atomic mass is 9.62. The third kappa shape index (κ3) is 2.51.